The average Bonchev–Trinajstić information content (AvgIpc) is 1.83. The minimum Gasteiger partial charge on any atom is -0.393 e. The van der Waals surface area contributed by atoms with Crippen molar-refractivity contribution in [3.8, 4) is 0 Å². The molecule has 2 unspecified atom stereocenters. The van der Waals surface area contributed by atoms with Gasteiger partial charge >= 0.3 is 0 Å². The predicted molar refractivity (Wildman–Crippen MR) is 50.9 cm³/mol. The first-order valence-corrected chi connectivity index (χ1v) is 5.29. The molecule has 0 amide bonds. The minimum absolute atomic E-state index is 0.167. The third kappa shape index (κ3) is 2.88. The van der Waals surface area contributed by atoms with Crippen LogP contribution in [0.25, 0.3) is 0 Å². The van der Waals surface area contributed by atoms with E-state index in [1.807, 2.05) is 18.7 Å². The van der Waals surface area contributed by atoms with Crippen molar-refractivity contribution in [3.63, 3.8) is 0 Å². The van der Waals surface area contributed by atoms with Gasteiger partial charge in [0.15, 0.2) is 0 Å². The quantitative estimate of drug-likeness (QED) is 0.658. The molecule has 0 aromatic carbocycles. The zero-order chi connectivity index (χ0) is 8.27. The maximum absolute atomic E-state index is 9.19. The van der Waals surface area contributed by atoms with Gasteiger partial charge in [-0.15, -0.1) is 0 Å². The lowest BCUT2D eigenvalue weighted by Gasteiger charge is -2.18. The van der Waals surface area contributed by atoms with Crippen molar-refractivity contribution < 1.29 is 5.11 Å². The first-order valence-electron chi connectivity index (χ1n) is 4.14. The summed E-state index contributed by atoms with van der Waals surface area (Å²) in [6, 6.07) is 0. The maximum Gasteiger partial charge on any atom is 0.0540 e. The Morgan fingerprint density at radius 1 is 1.55 bits per heavy atom. The predicted octanol–water partition coefficient (Wildman–Crippen LogP) is 2.07. The van der Waals surface area contributed by atoms with Crippen LogP contribution in [0.15, 0.2) is 11.6 Å². The molecular formula is C9H16OS. The van der Waals surface area contributed by atoms with Gasteiger partial charge in [0.2, 0.25) is 0 Å². The van der Waals surface area contributed by atoms with E-state index in [2.05, 4.69) is 13.0 Å². The van der Waals surface area contributed by atoms with Crippen LogP contribution in [0, 0.1) is 5.92 Å². The van der Waals surface area contributed by atoms with Crippen LogP contribution < -0.4 is 0 Å². The molecular weight excluding hydrogens is 156 g/mol. The highest BCUT2D eigenvalue weighted by molar-refractivity contribution is 8.01. The molecule has 11 heavy (non-hydrogen) atoms. The molecule has 1 aliphatic rings. The van der Waals surface area contributed by atoms with Crippen LogP contribution in [-0.4, -0.2) is 22.7 Å². The van der Waals surface area contributed by atoms with Gasteiger partial charge in [-0.2, -0.15) is 11.8 Å². The monoisotopic (exact) mass is 172 g/mol. The van der Waals surface area contributed by atoms with E-state index < -0.39 is 0 Å². The summed E-state index contributed by atoms with van der Waals surface area (Å²) in [5, 5.41) is 9.19. The lowest BCUT2D eigenvalue weighted by atomic mass is 10.0. The van der Waals surface area contributed by atoms with Crippen molar-refractivity contribution in [2.24, 2.45) is 5.92 Å². The number of rotatable bonds is 3. The van der Waals surface area contributed by atoms with E-state index in [0.717, 1.165) is 6.42 Å². The van der Waals surface area contributed by atoms with Crippen molar-refractivity contribution >= 4 is 11.8 Å². The fourth-order valence-corrected chi connectivity index (χ4v) is 1.56. The molecule has 0 aliphatic carbocycles. The van der Waals surface area contributed by atoms with Crippen molar-refractivity contribution in [2.45, 2.75) is 26.4 Å². The molecule has 1 N–H and O–H groups in total. The van der Waals surface area contributed by atoms with Crippen LogP contribution in [0.2, 0.25) is 0 Å². The number of hydrogen-bond acceptors (Lipinski definition) is 2. The minimum atomic E-state index is -0.167. The van der Waals surface area contributed by atoms with E-state index in [4.69, 9.17) is 0 Å². The van der Waals surface area contributed by atoms with E-state index >= 15 is 0 Å². The number of aliphatic hydroxyl groups is 1. The lowest BCUT2D eigenvalue weighted by Crippen LogP contribution is -2.13. The van der Waals surface area contributed by atoms with Gasteiger partial charge in [0.1, 0.15) is 0 Å². The molecule has 2 heteroatoms. The van der Waals surface area contributed by atoms with Crippen molar-refractivity contribution in [1.29, 1.82) is 0 Å². The molecule has 0 saturated carbocycles. The second-order valence-corrected chi connectivity index (χ2v) is 4.29. The third-order valence-electron chi connectivity index (χ3n) is 2.18. The third-order valence-corrected chi connectivity index (χ3v) is 3.33. The van der Waals surface area contributed by atoms with Crippen molar-refractivity contribution in [3.05, 3.63) is 11.6 Å². The van der Waals surface area contributed by atoms with E-state index in [9.17, 15) is 5.11 Å². The number of aliphatic hydroxyl groups excluding tert-OH is 1. The molecule has 0 bridgehead atoms. The SMILES string of the molecule is CC(O)C(C)CC=C1CSC1. The summed E-state index contributed by atoms with van der Waals surface area (Å²) in [5.74, 6) is 2.84. The Hall–Kier alpha value is 0.0500. The van der Waals surface area contributed by atoms with Gasteiger partial charge in [-0.25, -0.2) is 0 Å². The lowest BCUT2D eigenvalue weighted by molar-refractivity contribution is 0.136. The summed E-state index contributed by atoms with van der Waals surface area (Å²) in [5.41, 5.74) is 1.56. The topological polar surface area (TPSA) is 20.2 Å². The average molecular weight is 172 g/mol. The number of hydrogen-bond donors (Lipinski definition) is 1. The Kier molecular flexibility index (Phi) is 3.46. The first-order chi connectivity index (χ1) is 5.20. The Balaban J connectivity index is 2.19. The Morgan fingerprint density at radius 2 is 2.18 bits per heavy atom. The van der Waals surface area contributed by atoms with E-state index in [-0.39, 0.29) is 6.10 Å². The van der Waals surface area contributed by atoms with Crippen molar-refractivity contribution in [2.75, 3.05) is 11.5 Å². The zero-order valence-electron chi connectivity index (χ0n) is 7.21. The van der Waals surface area contributed by atoms with Gasteiger partial charge in [-0.05, 0) is 19.3 Å². The van der Waals surface area contributed by atoms with Crippen LogP contribution >= 0.6 is 11.8 Å². The Labute approximate surface area is 72.9 Å². The van der Waals surface area contributed by atoms with E-state index in [1.54, 1.807) is 5.57 Å². The second kappa shape index (κ2) is 4.17. The molecule has 1 fully saturated rings. The highest BCUT2D eigenvalue weighted by atomic mass is 32.2. The summed E-state index contributed by atoms with van der Waals surface area (Å²) >= 11 is 1.97. The molecule has 0 aromatic rings. The second-order valence-electron chi connectivity index (χ2n) is 3.31. The fourth-order valence-electron chi connectivity index (χ4n) is 0.887. The first kappa shape index (κ1) is 9.14. The summed E-state index contributed by atoms with van der Waals surface area (Å²) < 4.78 is 0. The smallest absolute Gasteiger partial charge is 0.0540 e. The normalized spacial score (nSPS) is 22.3. The highest BCUT2D eigenvalue weighted by Crippen LogP contribution is 2.24. The summed E-state index contributed by atoms with van der Waals surface area (Å²) in [6.45, 7) is 3.95. The summed E-state index contributed by atoms with van der Waals surface area (Å²) in [6.07, 6.45) is 3.15. The molecule has 64 valence electrons. The fraction of sp³-hybridized carbons (Fsp3) is 0.778. The molecule has 1 nitrogen and oxygen atoms in total. The van der Waals surface area contributed by atoms with Gasteiger partial charge in [0, 0.05) is 11.5 Å². The van der Waals surface area contributed by atoms with Gasteiger partial charge in [-0.3, -0.25) is 0 Å². The van der Waals surface area contributed by atoms with Crippen LogP contribution in [0.5, 0.6) is 0 Å². The van der Waals surface area contributed by atoms with Crippen LogP contribution in [0.4, 0.5) is 0 Å². The molecule has 2 atom stereocenters. The molecule has 1 aliphatic heterocycles. The standard InChI is InChI=1S/C9H16OS/c1-7(8(2)10)3-4-9-5-11-6-9/h4,7-8,10H,3,5-6H2,1-2H3. The molecule has 1 heterocycles. The van der Waals surface area contributed by atoms with Gasteiger partial charge in [0.05, 0.1) is 6.10 Å². The summed E-state index contributed by atoms with van der Waals surface area (Å²) in [7, 11) is 0. The summed E-state index contributed by atoms with van der Waals surface area (Å²) in [4.78, 5) is 0. The Morgan fingerprint density at radius 3 is 2.55 bits per heavy atom. The molecule has 1 rings (SSSR count). The largest absolute Gasteiger partial charge is 0.393 e. The van der Waals surface area contributed by atoms with Crippen LogP contribution in [-0.2, 0) is 0 Å². The van der Waals surface area contributed by atoms with E-state index in [0.29, 0.717) is 5.92 Å². The van der Waals surface area contributed by atoms with Crippen LogP contribution in [0.1, 0.15) is 20.3 Å². The molecule has 0 aromatic heterocycles. The van der Waals surface area contributed by atoms with Gasteiger partial charge < -0.3 is 5.11 Å². The molecule has 0 radical (unpaired) electrons. The zero-order valence-corrected chi connectivity index (χ0v) is 8.03. The Bertz CT molecular complexity index is 146. The van der Waals surface area contributed by atoms with Gasteiger partial charge in [-0.1, -0.05) is 18.6 Å². The maximum atomic E-state index is 9.19. The van der Waals surface area contributed by atoms with Gasteiger partial charge in [0.25, 0.3) is 0 Å². The van der Waals surface area contributed by atoms with Crippen LogP contribution in [0.3, 0.4) is 0 Å². The number of allylic oxidation sites excluding steroid dienone is 1. The molecule has 1 saturated heterocycles. The molecule has 0 spiro atoms. The van der Waals surface area contributed by atoms with Crippen molar-refractivity contribution in [1.82, 2.24) is 0 Å². The number of thioether (sulfide) groups is 1. The van der Waals surface area contributed by atoms with E-state index in [1.165, 1.54) is 11.5 Å². The highest BCUT2D eigenvalue weighted by Gasteiger charge is 2.11.